The first-order valence-corrected chi connectivity index (χ1v) is 6.29. The van der Waals surface area contributed by atoms with E-state index in [0.29, 0.717) is 13.0 Å². The summed E-state index contributed by atoms with van der Waals surface area (Å²) in [5.74, 6) is -1.34. The van der Waals surface area contributed by atoms with Crippen LogP contribution in [0.5, 0.6) is 0 Å². The van der Waals surface area contributed by atoms with Gasteiger partial charge in [0.05, 0.1) is 23.0 Å². The molecule has 1 aromatic rings. The normalized spacial score (nSPS) is 20.0. The summed E-state index contributed by atoms with van der Waals surface area (Å²) in [5.41, 5.74) is -0.283. The summed E-state index contributed by atoms with van der Waals surface area (Å²) in [6, 6.07) is 2.21. The molecule has 110 valence electrons. The summed E-state index contributed by atoms with van der Waals surface area (Å²) in [6.45, 7) is 0.116. The Morgan fingerprint density at radius 1 is 1.45 bits per heavy atom. The zero-order valence-corrected chi connectivity index (χ0v) is 11.0. The number of alkyl halides is 3. The third kappa shape index (κ3) is 3.30. The first-order chi connectivity index (χ1) is 9.27. The maximum atomic E-state index is 12.7. The largest absolute Gasteiger partial charge is 0.393 e. The van der Waals surface area contributed by atoms with Crippen molar-refractivity contribution < 1.29 is 18.1 Å². The Morgan fingerprint density at radius 2 is 2.15 bits per heavy atom. The lowest BCUT2D eigenvalue weighted by atomic mass is 9.97. The molecule has 1 aliphatic heterocycles. The standard InChI is InChI=1S/C11H11ClF3N3O2/c12-9-4-8(18(19)20)5-10(16-9)17-3-1-2-7(6-17)11(13,14)15/h4-5,7H,1-3,6H2. The number of nitro groups is 1. The summed E-state index contributed by atoms with van der Waals surface area (Å²) in [6.07, 6.45) is -3.86. The topological polar surface area (TPSA) is 59.3 Å². The van der Waals surface area contributed by atoms with E-state index in [1.165, 1.54) is 4.90 Å². The van der Waals surface area contributed by atoms with E-state index in [2.05, 4.69) is 4.98 Å². The molecule has 1 saturated heterocycles. The molecule has 9 heteroatoms. The molecule has 2 heterocycles. The summed E-state index contributed by atoms with van der Waals surface area (Å²) in [4.78, 5) is 15.3. The van der Waals surface area contributed by atoms with Crippen molar-refractivity contribution in [2.45, 2.75) is 19.0 Å². The molecule has 0 aliphatic carbocycles. The van der Waals surface area contributed by atoms with Gasteiger partial charge in [-0.1, -0.05) is 11.6 Å². The molecule has 0 N–H and O–H groups in total. The van der Waals surface area contributed by atoms with Gasteiger partial charge in [0.1, 0.15) is 11.0 Å². The van der Waals surface area contributed by atoms with Gasteiger partial charge in [-0.25, -0.2) is 4.98 Å². The fourth-order valence-corrected chi connectivity index (χ4v) is 2.39. The van der Waals surface area contributed by atoms with Gasteiger partial charge in [-0.15, -0.1) is 0 Å². The van der Waals surface area contributed by atoms with Gasteiger partial charge >= 0.3 is 6.18 Å². The lowest BCUT2D eigenvalue weighted by Crippen LogP contribution is -2.42. The number of aromatic nitrogens is 1. The minimum absolute atomic E-state index is 0.0582. The Bertz CT molecular complexity index is 524. The summed E-state index contributed by atoms with van der Waals surface area (Å²) in [5, 5.41) is 10.6. The van der Waals surface area contributed by atoms with Gasteiger partial charge in [0.15, 0.2) is 0 Å². The maximum absolute atomic E-state index is 12.7. The third-order valence-corrected chi connectivity index (χ3v) is 3.38. The highest BCUT2D eigenvalue weighted by atomic mass is 35.5. The summed E-state index contributed by atoms with van der Waals surface area (Å²) < 4.78 is 38.2. The number of piperidine rings is 1. The van der Waals surface area contributed by atoms with Gasteiger partial charge in [-0.05, 0) is 12.8 Å². The first kappa shape index (κ1) is 14.8. The number of hydrogen-bond acceptors (Lipinski definition) is 4. The van der Waals surface area contributed by atoms with Crippen LogP contribution in [-0.4, -0.2) is 29.2 Å². The summed E-state index contributed by atoms with van der Waals surface area (Å²) in [7, 11) is 0. The Labute approximate surface area is 117 Å². The fraction of sp³-hybridized carbons (Fsp3) is 0.545. The van der Waals surface area contributed by atoms with Crippen LogP contribution in [-0.2, 0) is 0 Å². The second kappa shape index (κ2) is 5.43. The van der Waals surface area contributed by atoms with Gasteiger partial charge < -0.3 is 4.90 Å². The number of halogens is 4. The average molecular weight is 310 g/mol. The molecule has 2 rings (SSSR count). The van der Waals surface area contributed by atoms with Crippen LogP contribution in [0.15, 0.2) is 12.1 Å². The predicted molar refractivity (Wildman–Crippen MR) is 66.9 cm³/mol. The van der Waals surface area contributed by atoms with Crippen molar-refractivity contribution in [3.63, 3.8) is 0 Å². The Kier molecular flexibility index (Phi) is 4.03. The highest BCUT2D eigenvalue weighted by Crippen LogP contribution is 2.35. The molecule has 1 unspecified atom stereocenters. The molecule has 20 heavy (non-hydrogen) atoms. The molecule has 0 amide bonds. The molecule has 1 aliphatic rings. The lowest BCUT2D eigenvalue weighted by molar-refractivity contribution is -0.384. The molecule has 0 spiro atoms. The van der Waals surface area contributed by atoms with Crippen molar-refractivity contribution in [2.24, 2.45) is 5.92 Å². The molecular formula is C11H11ClF3N3O2. The average Bonchev–Trinajstić information content (AvgIpc) is 2.37. The van der Waals surface area contributed by atoms with Crippen LogP contribution in [0.4, 0.5) is 24.7 Å². The molecule has 1 aromatic heterocycles. The van der Waals surface area contributed by atoms with Crippen LogP contribution in [0.1, 0.15) is 12.8 Å². The van der Waals surface area contributed by atoms with E-state index >= 15 is 0 Å². The van der Waals surface area contributed by atoms with E-state index in [0.717, 1.165) is 12.1 Å². The molecule has 0 saturated carbocycles. The van der Waals surface area contributed by atoms with Crippen LogP contribution in [0, 0.1) is 16.0 Å². The van der Waals surface area contributed by atoms with E-state index in [4.69, 9.17) is 11.6 Å². The van der Waals surface area contributed by atoms with Gasteiger partial charge in [-0.2, -0.15) is 13.2 Å². The quantitative estimate of drug-likeness (QED) is 0.477. The second-order valence-electron chi connectivity index (χ2n) is 4.59. The van der Waals surface area contributed by atoms with E-state index in [-0.39, 0.29) is 29.6 Å². The Hall–Kier alpha value is -1.57. The molecule has 0 aromatic carbocycles. The van der Waals surface area contributed by atoms with Gasteiger partial charge in [-0.3, -0.25) is 10.1 Å². The summed E-state index contributed by atoms with van der Waals surface area (Å²) >= 11 is 5.68. The number of nitrogens with zero attached hydrogens (tertiary/aromatic N) is 3. The predicted octanol–water partition coefficient (Wildman–Crippen LogP) is 3.42. The zero-order valence-electron chi connectivity index (χ0n) is 10.2. The van der Waals surface area contributed by atoms with E-state index < -0.39 is 17.0 Å². The maximum Gasteiger partial charge on any atom is 0.393 e. The number of rotatable bonds is 2. The van der Waals surface area contributed by atoms with Crippen LogP contribution in [0.3, 0.4) is 0 Å². The highest BCUT2D eigenvalue weighted by molar-refractivity contribution is 6.29. The second-order valence-corrected chi connectivity index (χ2v) is 4.98. The van der Waals surface area contributed by atoms with Gasteiger partial charge in [0, 0.05) is 13.1 Å². The van der Waals surface area contributed by atoms with Gasteiger partial charge in [0.2, 0.25) is 0 Å². The monoisotopic (exact) mass is 309 g/mol. The van der Waals surface area contributed by atoms with Crippen molar-refractivity contribution >= 4 is 23.1 Å². The lowest BCUT2D eigenvalue weighted by Gasteiger charge is -2.34. The molecular weight excluding hydrogens is 299 g/mol. The van der Waals surface area contributed by atoms with Crippen LogP contribution in [0.25, 0.3) is 0 Å². The number of hydrogen-bond donors (Lipinski definition) is 0. The molecule has 1 fully saturated rings. The number of pyridine rings is 1. The van der Waals surface area contributed by atoms with E-state index in [1.807, 2.05) is 0 Å². The van der Waals surface area contributed by atoms with Crippen LogP contribution in [0.2, 0.25) is 5.15 Å². The van der Waals surface area contributed by atoms with Crippen LogP contribution < -0.4 is 4.90 Å². The Balaban J connectivity index is 2.25. The zero-order chi connectivity index (χ0) is 14.9. The van der Waals surface area contributed by atoms with Crippen molar-refractivity contribution in [1.29, 1.82) is 0 Å². The van der Waals surface area contributed by atoms with Crippen molar-refractivity contribution in [2.75, 3.05) is 18.0 Å². The van der Waals surface area contributed by atoms with Crippen molar-refractivity contribution in [3.8, 4) is 0 Å². The highest BCUT2D eigenvalue weighted by Gasteiger charge is 2.42. The Morgan fingerprint density at radius 3 is 2.75 bits per heavy atom. The van der Waals surface area contributed by atoms with E-state index in [1.54, 1.807) is 0 Å². The first-order valence-electron chi connectivity index (χ1n) is 5.91. The SMILES string of the molecule is O=[N+]([O-])c1cc(Cl)nc(N2CCCC(C(F)(F)F)C2)c1. The molecule has 0 bridgehead atoms. The van der Waals surface area contributed by atoms with E-state index in [9.17, 15) is 23.3 Å². The molecule has 5 nitrogen and oxygen atoms in total. The van der Waals surface area contributed by atoms with Crippen molar-refractivity contribution in [1.82, 2.24) is 4.98 Å². The van der Waals surface area contributed by atoms with Gasteiger partial charge in [0.25, 0.3) is 5.69 Å². The number of anilines is 1. The third-order valence-electron chi connectivity index (χ3n) is 3.18. The molecule has 0 radical (unpaired) electrons. The minimum atomic E-state index is -4.27. The fourth-order valence-electron chi connectivity index (χ4n) is 2.19. The molecule has 1 atom stereocenters. The van der Waals surface area contributed by atoms with Crippen molar-refractivity contribution in [3.05, 3.63) is 27.4 Å². The van der Waals surface area contributed by atoms with Crippen LogP contribution >= 0.6 is 11.6 Å². The minimum Gasteiger partial charge on any atom is -0.356 e. The smallest absolute Gasteiger partial charge is 0.356 e.